The van der Waals surface area contributed by atoms with Crippen molar-refractivity contribution in [3.63, 3.8) is 0 Å². The second-order valence-electron chi connectivity index (χ2n) is 5.46. The molecule has 3 aromatic carbocycles. The van der Waals surface area contributed by atoms with Crippen molar-refractivity contribution >= 4 is 45.4 Å². The third-order valence-electron chi connectivity index (χ3n) is 4.05. The van der Waals surface area contributed by atoms with Gasteiger partial charge in [-0.15, -0.1) is 0 Å². The van der Waals surface area contributed by atoms with Crippen LogP contribution in [-0.2, 0) is 0 Å². The highest BCUT2D eigenvalue weighted by molar-refractivity contribution is 6.25. The Morgan fingerprint density at radius 1 is 0.538 bits per heavy atom. The van der Waals surface area contributed by atoms with Gasteiger partial charge in [-0.3, -0.25) is 0 Å². The zero-order valence-corrected chi connectivity index (χ0v) is 12.9. The largest absolute Gasteiger partial charge is 0.478 e. The number of rotatable bonds is 4. The molecule has 0 amide bonds. The quantitative estimate of drug-likeness (QED) is 0.522. The second-order valence-corrected chi connectivity index (χ2v) is 5.46. The van der Waals surface area contributed by atoms with Crippen LogP contribution in [-0.4, -0.2) is 44.3 Å². The number of carboxylic acids is 4. The summed E-state index contributed by atoms with van der Waals surface area (Å²) in [7, 11) is 0. The first kappa shape index (κ1) is 16.9. The predicted molar refractivity (Wildman–Crippen MR) is 89.3 cm³/mol. The van der Waals surface area contributed by atoms with Crippen molar-refractivity contribution in [2.75, 3.05) is 0 Å². The summed E-state index contributed by atoms with van der Waals surface area (Å²) in [5.41, 5.74) is -2.22. The van der Waals surface area contributed by atoms with E-state index in [9.17, 15) is 39.6 Å². The van der Waals surface area contributed by atoms with Gasteiger partial charge in [-0.25, -0.2) is 19.2 Å². The van der Waals surface area contributed by atoms with Gasteiger partial charge in [0, 0.05) is 0 Å². The zero-order valence-electron chi connectivity index (χ0n) is 12.9. The molecule has 0 fully saturated rings. The van der Waals surface area contributed by atoms with Gasteiger partial charge in [0.1, 0.15) is 0 Å². The first-order valence-electron chi connectivity index (χ1n) is 7.19. The molecular formula is C18H10O8. The standard InChI is InChI=1S/C18H10O8/c19-15(20)11-5-9-7-3-1-2-4-8(7)13(17(23)24)14(18(25)26)10(9)6-12(11)16(21)22/h1-6H,(H,19,20)(H,21,22)(H,23,24)(H,25,26). The smallest absolute Gasteiger partial charge is 0.337 e. The summed E-state index contributed by atoms with van der Waals surface area (Å²) in [6.07, 6.45) is 0. The van der Waals surface area contributed by atoms with Crippen LogP contribution in [0.4, 0.5) is 0 Å². The van der Waals surface area contributed by atoms with E-state index in [0.717, 1.165) is 12.1 Å². The maximum Gasteiger partial charge on any atom is 0.337 e. The molecule has 0 aromatic heterocycles. The fraction of sp³-hybridized carbons (Fsp3) is 0. The minimum absolute atomic E-state index is 0.115. The van der Waals surface area contributed by atoms with Gasteiger partial charge in [0.2, 0.25) is 0 Å². The van der Waals surface area contributed by atoms with E-state index in [2.05, 4.69) is 0 Å². The van der Waals surface area contributed by atoms with Gasteiger partial charge < -0.3 is 20.4 Å². The molecule has 0 bridgehead atoms. The zero-order chi connectivity index (χ0) is 19.2. The summed E-state index contributed by atoms with van der Waals surface area (Å²) in [6, 6.07) is 7.98. The molecule has 0 unspecified atom stereocenters. The maximum atomic E-state index is 11.8. The van der Waals surface area contributed by atoms with Gasteiger partial charge in [-0.1, -0.05) is 24.3 Å². The van der Waals surface area contributed by atoms with E-state index in [1.165, 1.54) is 18.2 Å². The van der Waals surface area contributed by atoms with Crippen molar-refractivity contribution < 1.29 is 39.6 Å². The molecule has 4 N–H and O–H groups in total. The first-order valence-corrected chi connectivity index (χ1v) is 7.19. The van der Waals surface area contributed by atoms with Crippen LogP contribution in [0.1, 0.15) is 41.4 Å². The Labute approximate surface area is 144 Å². The van der Waals surface area contributed by atoms with Crippen LogP contribution in [0.25, 0.3) is 21.5 Å². The third-order valence-corrected chi connectivity index (χ3v) is 4.05. The molecule has 0 aliphatic rings. The van der Waals surface area contributed by atoms with Gasteiger partial charge >= 0.3 is 23.9 Å². The molecule has 0 atom stereocenters. The van der Waals surface area contributed by atoms with E-state index in [1.807, 2.05) is 0 Å². The van der Waals surface area contributed by atoms with Crippen molar-refractivity contribution in [2.24, 2.45) is 0 Å². The molecule has 0 aliphatic heterocycles. The molecular weight excluding hydrogens is 344 g/mol. The lowest BCUT2D eigenvalue weighted by Gasteiger charge is -2.14. The molecule has 3 aromatic rings. The summed E-state index contributed by atoms with van der Waals surface area (Å²) in [5.74, 6) is -6.10. The Morgan fingerprint density at radius 3 is 1.42 bits per heavy atom. The maximum absolute atomic E-state index is 11.8. The van der Waals surface area contributed by atoms with Crippen molar-refractivity contribution in [2.45, 2.75) is 0 Å². The predicted octanol–water partition coefficient (Wildman–Crippen LogP) is 2.79. The SMILES string of the molecule is O=C(O)c1cc2c(C(=O)O)c(C(=O)O)c3ccccc3c2cc1C(=O)O. The summed E-state index contributed by atoms with van der Waals surface area (Å²) < 4.78 is 0. The van der Waals surface area contributed by atoms with Crippen molar-refractivity contribution in [1.82, 2.24) is 0 Å². The highest BCUT2D eigenvalue weighted by Crippen LogP contribution is 2.35. The van der Waals surface area contributed by atoms with E-state index < -0.39 is 46.1 Å². The lowest BCUT2D eigenvalue weighted by atomic mass is 9.89. The van der Waals surface area contributed by atoms with Crippen LogP contribution in [0.15, 0.2) is 36.4 Å². The Morgan fingerprint density at radius 2 is 0.962 bits per heavy atom. The Hall–Kier alpha value is -3.94. The van der Waals surface area contributed by atoms with Crippen molar-refractivity contribution in [3.8, 4) is 0 Å². The van der Waals surface area contributed by atoms with Crippen LogP contribution in [0.2, 0.25) is 0 Å². The van der Waals surface area contributed by atoms with E-state index >= 15 is 0 Å². The Balaban J connectivity index is 2.70. The average molecular weight is 354 g/mol. The Kier molecular flexibility index (Phi) is 3.80. The molecule has 26 heavy (non-hydrogen) atoms. The summed E-state index contributed by atoms with van der Waals surface area (Å²) in [4.78, 5) is 46.3. The van der Waals surface area contributed by atoms with Crippen LogP contribution in [0.5, 0.6) is 0 Å². The minimum atomic E-state index is -1.56. The average Bonchev–Trinajstić information content (AvgIpc) is 2.58. The molecule has 0 spiro atoms. The van der Waals surface area contributed by atoms with E-state index in [1.54, 1.807) is 6.07 Å². The fourth-order valence-corrected chi connectivity index (χ4v) is 3.03. The van der Waals surface area contributed by atoms with Crippen LogP contribution >= 0.6 is 0 Å². The molecule has 0 aliphatic carbocycles. The minimum Gasteiger partial charge on any atom is -0.478 e. The van der Waals surface area contributed by atoms with Gasteiger partial charge in [0.25, 0.3) is 0 Å². The number of hydrogen-bond acceptors (Lipinski definition) is 4. The number of carboxylic acid groups (broad SMARTS) is 4. The van der Waals surface area contributed by atoms with Crippen LogP contribution in [0.3, 0.4) is 0 Å². The number of fused-ring (bicyclic) bond motifs is 3. The highest BCUT2D eigenvalue weighted by atomic mass is 16.4. The van der Waals surface area contributed by atoms with Crippen molar-refractivity contribution in [3.05, 3.63) is 58.7 Å². The lowest BCUT2D eigenvalue weighted by Crippen LogP contribution is -2.13. The van der Waals surface area contributed by atoms with Crippen LogP contribution in [0, 0.1) is 0 Å². The monoisotopic (exact) mass is 354 g/mol. The molecule has 0 saturated heterocycles. The normalized spacial score (nSPS) is 10.8. The van der Waals surface area contributed by atoms with E-state index in [-0.39, 0.29) is 16.2 Å². The number of hydrogen-bond donors (Lipinski definition) is 4. The number of aromatic carboxylic acids is 4. The van der Waals surface area contributed by atoms with Gasteiger partial charge in [0.15, 0.2) is 0 Å². The van der Waals surface area contributed by atoms with E-state index in [0.29, 0.717) is 5.39 Å². The molecule has 3 rings (SSSR count). The summed E-state index contributed by atoms with van der Waals surface area (Å²) >= 11 is 0. The highest BCUT2D eigenvalue weighted by Gasteiger charge is 2.26. The van der Waals surface area contributed by atoms with Gasteiger partial charge in [0.05, 0.1) is 22.3 Å². The fourth-order valence-electron chi connectivity index (χ4n) is 3.03. The second kappa shape index (κ2) is 5.85. The molecule has 8 nitrogen and oxygen atoms in total. The summed E-state index contributed by atoms with van der Waals surface area (Å²) in [6.45, 7) is 0. The topological polar surface area (TPSA) is 149 Å². The lowest BCUT2D eigenvalue weighted by molar-refractivity contribution is 0.0651. The number of carbonyl (C=O) groups is 4. The molecule has 0 radical (unpaired) electrons. The molecule has 8 heteroatoms. The van der Waals surface area contributed by atoms with Crippen LogP contribution < -0.4 is 0 Å². The third kappa shape index (κ3) is 2.40. The molecule has 0 heterocycles. The van der Waals surface area contributed by atoms with Gasteiger partial charge in [-0.05, 0) is 33.7 Å². The number of benzene rings is 3. The van der Waals surface area contributed by atoms with E-state index in [4.69, 9.17) is 0 Å². The Bertz CT molecular complexity index is 1140. The molecule has 0 saturated carbocycles. The van der Waals surface area contributed by atoms with Crippen molar-refractivity contribution in [1.29, 1.82) is 0 Å². The first-order chi connectivity index (χ1) is 12.2. The summed E-state index contributed by atoms with van der Waals surface area (Å²) in [5, 5.41) is 38.0. The van der Waals surface area contributed by atoms with Gasteiger partial charge in [-0.2, -0.15) is 0 Å². The molecule has 130 valence electrons.